The van der Waals surface area contributed by atoms with Gasteiger partial charge >= 0.3 is 0 Å². The van der Waals surface area contributed by atoms with Gasteiger partial charge in [0, 0.05) is 11.8 Å². The zero-order chi connectivity index (χ0) is 7.94. The number of carbonyl (C=O) groups is 1. The van der Waals surface area contributed by atoms with Crippen LogP contribution in [0.4, 0.5) is 0 Å². The van der Waals surface area contributed by atoms with Crippen molar-refractivity contribution in [3.8, 4) is 0 Å². The van der Waals surface area contributed by atoms with Gasteiger partial charge < -0.3 is 0 Å². The first kappa shape index (κ1) is 7.77. The van der Waals surface area contributed by atoms with Gasteiger partial charge in [0.05, 0.1) is 0 Å². The van der Waals surface area contributed by atoms with Crippen LogP contribution in [0.1, 0.15) is 34.1 Å². The molecule has 0 N–H and O–H groups in total. The summed E-state index contributed by atoms with van der Waals surface area (Å²) in [4.78, 5) is 11.3. The van der Waals surface area contributed by atoms with Gasteiger partial charge in [-0.1, -0.05) is 27.7 Å². The Balaban J connectivity index is 2.81. The van der Waals surface area contributed by atoms with Crippen LogP contribution in [0.25, 0.3) is 0 Å². The molecule has 0 spiro atoms. The quantitative estimate of drug-likeness (QED) is 0.504. The molecule has 0 aromatic rings. The van der Waals surface area contributed by atoms with Crippen molar-refractivity contribution in [3.63, 3.8) is 0 Å². The summed E-state index contributed by atoms with van der Waals surface area (Å²) in [6, 6.07) is 0. The molecule has 0 aliphatic heterocycles. The first-order valence-corrected chi connectivity index (χ1v) is 3.99. The summed E-state index contributed by atoms with van der Waals surface area (Å²) in [6.45, 7) is 8.44. The van der Waals surface area contributed by atoms with E-state index in [9.17, 15) is 4.79 Å². The molecule has 0 aromatic heterocycles. The lowest BCUT2D eigenvalue weighted by atomic mass is 9.83. The molecule has 0 radical (unpaired) electrons. The SMILES string of the molecule is CC1CC(C)(C)C(C)C1=O. The van der Waals surface area contributed by atoms with Crippen LogP contribution in [-0.4, -0.2) is 5.78 Å². The molecule has 1 heteroatoms. The molecule has 1 aliphatic carbocycles. The summed E-state index contributed by atoms with van der Waals surface area (Å²) < 4.78 is 0. The third-order valence-corrected chi connectivity index (χ3v) is 2.92. The van der Waals surface area contributed by atoms with Crippen molar-refractivity contribution >= 4 is 5.78 Å². The van der Waals surface area contributed by atoms with E-state index < -0.39 is 0 Å². The van der Waals surface area contributed by atoms with Gasteiger partial charge in [0.15, 0.2) is 0 Å². The number of carbonyl (C=O) groups excluding carboxylic acids is 1. The van der Waals surface area contributed by atoms with E-state index in [1.807, 2.05) is 13.8 Å². The molecule has 0 heterocycles. The number of rotatable bonds is 0. The Kier molecular flexibility index (Phi) is 1.61. The van der Waals surface area contributed by atoms with E-state index in [0.29, 0.717) is 11.7 Å². The third-order valence-electron chi connectivity index (χ3n) is 2.92. The highest BCUT2D eigenvalue weighted by atomic mass is 16.1. The fraction of sp³-hybridized carbons (Fsp3) is 0.889. The van der Waals surface area contributed by atoms with Crippen molar-refractivity contribution in [2.24, 2.45) is 17.3 Å². The Morgan fingerprint density at radius 3 is 2.00 bits per heavy atom. The highest BCUT2D eigenvalue weighted by Crippen LogP contribution is 2.42. The van der Waals surface area contributed by atoms with E-state index in [0.717, 1.165) is 6.42 Å². The second kappa shape index (κ2) is 2.08. The molecule has 0 saturated heterocycles. The van der Waals surface area contributed by atoms with E-state index in [4.69, 9.17) is 0 Å². The van der Waals surface area contributed by atoms with E-state index in [1.165, 1.54) is 0 Å². The maximum Gasteiger partial charge on any atom is 0.139 e. The third kappa shape index (κ3) is 0.979. The molecule has 10 heavy (non-hydrogen) atoms. The zero-order valence-corrected chi connectivity index (χ0v) is 7.27. The maximum absolute atomic E-state index is 11.3. The topological polar surface area (TPSA) is 17.1 Å². The van der Waals surface area contributed by atoms with E-state index in [2.05, 4.69) is 13.8 Å². The minimum Gasteiger partial charge on any atom is -0.299 e. The first-order chi connectivity index (χ1) is 4.45. The van der Waals surface area contributed by atoms with E-state index in [1.54, 1.807) is 0 Å². The molecule has 0 aromatic carbocycles. The van der Waals surface area contributed by atoms with Crippen LogP contribution in [0.3, 0.4) is 0 Å². The lowest BCUT2D eigenvalue weighted by Gasteiger charge is -2.21. The molecule has 2 unspecified atom stereocenters. The van der Waals surface area contributed by atoms with Gasteiger partial charge in [-0.05, 0) is 11.8 Å². The summed E-state index contributed by atoms with van der Waals surface area (Å²) >= 11 is 0. The summed E-state index contributed by atoms with van der Waals surface area (Å²) in [5.41, 5.74) is 0.247. The molecule has 58 valence electrons. The fourth-order valence-corrected chi connectivity index (χ4v) is 1.88. The fourth-order valence-electron chi connectivity index (χ4n) is 1.88. The van der Waals surface area contributed by atoms with E-state index >= 15 is 0 Å². The summed E-state index contributed by atoms with van der Waals surface area (Å²) in [7, 11) is 0. The number of hydrogen-bond donors (Lipinski definition) is 0. The van der Waals surface area contributed by atoms with Gasteiger partial charge in [-0.2, -0.15) is 0 Å². The summed E-state index contributed by atoms with van der Waals surface area (Å²) in [5, 5.41) is 0. The highest BCUT2D eigenvalue weighted by Gasteiger charge is 2.42. The van der Waals surface area contributed by atoms with Crippen LogP contribution in [0, 0.1) is 17.3 Å². The minimum absolute atomic E-state index is 0.247. The van der Waals surface area contributed by atoms with Gasteiger partial charge in [-0.15, -0.1) is 0 Å². The molecule has 0 amide bonds. The standard InChI is InChI=1S/C9H16O/c1-6-5-9(3,4)7(2)8(6)10/h6-7H,5H2,1-4H3. The Hall–Kier alpha value is -0.330. The molecule has 0 bridgehead atoms. The van der Waals surface area contributed by atoms with Crippen molar-refractivity contribution in [2.75, 3.05) is 0 Å². The molecule has 1 rings (SSSR count). The van der Waals surface area contributed by atoms with Crippen LogP contribution in [0.2, 0.25) is 0 Å². The minimum atomic E-state index is 0.247. The van der Waals surface area contributed by atoms with Crippen LogP contribution < -0.4 is 0 Å². The van der Waals surface area contributed by atoms with Gasteiger partial charge in [0.1, 0.15) is 5.78 Å². The lowest BCUT2D eigenvalue weighted by Crippen LogP contribution is -2.18. The van der Waals surface area contributed by atoms with Crippen molar-refractivity contribution in [1.29, 1.82) is 0 Å². The molecule has 1 fully saturated rings. The normalized spacial score (nSPS) is 38.6. The average molecular weight is 140 g/mol. The van der Waals surface area contributed by atoms with Gasteiger partial charge in [-0.3, -0.25) is 4.79 Å². The Labute approximate surface area is 62.8 Å². The Morgan fingerprint density at radius 1 is 1.40 bits per heavy atom. The monoisotopic (exact) mass is 140 g/mol. The molecular weight excluding hydrogens is 124 g/mol. The number of ketones is 1. The maximum atomic E-state index is 11.3. The van der Waals surface area contributed by atoms with Crippen molar-refractivity contribution in [1.82, 2.24) is 0 Å². The molecule has 1 saturated carbocycles. The Bertz CT molecular complexity index is 158. The van der Waals surface area contributed by atoms with Crippen LogP contribution in [-0.2, 0) is 4.79 Å². The lowest BCUT2D eigenvalue weighted by molar-refractivity contribution is -0.123. The van der Waals surface area contributed by atoms with Gasteiger partial charge in [-0.25, -0.2) is 0 Å². The van der Waals surface area contributed by atoms with Gasteiger partial charge in [0.2, 0.25) is 0 Å². The predicted octanol–water partition coefficient (Wildman–Crippen LogP) is 2.26. The summed E-state index contributed by atoms with van der Waals surface area (Å²) in [5.74, 6) is 1.01. The molecule has 2 atom stereocenters. The van der Waals surface area contributed by atoms with Crippen LogP contribution in [0.15, 0.2) is 0 Å². The molecule has 1 nitrogen and oxygen atoms in total. The average Bonchev–Trinajstić information content (AvgIpc) is 1.95. The number of Topliss-reactive ketones (excluding diaryl/α,β-unsaturated/α-hetero) is 1. The highest BCUT2D eigenvalue weighted by molar-refractivity contribution is 5.85. The second-order valence-corrected chi connectivity index (χ2v) is 4.22. The van der Waals surface area contributed by atoms with E-state index in [-0.39, 0.29) is 11.3 Å². The number of hydrogen-bond acceptors (Lipinski definition) is 1. The molecular formula is C9H16O. The Morgan fingerprint density at radius 2 is 1.90 bits per heavy atom. The predicted molar refractivity (Wildman–Crippen MR) is 41.7 cm³/mol. The first-order valence-electron chi connectivity index (χ1n) is 3.99. The van der Waals surface area contributed by atoms with Gasteiger partial charge in [0.25, 0.3) is 0 Å². The van der Waals surface area contributed by atoms with Crippen LogP contribution in [0.5, 0.6) is 0 Å². The largest absolute Gasteiger partial charge is 0.299 e. The van der Waals surface area contributed by atoms with Crippen molar-refractivity contribution in [3.05, 3.63) is 0 Å². The molecule has 1 aliphatic rings. The van der Waals surface area contributed by atoms with Crippen molar-refractivity contribution < 1.29 is 4.79 Å². The van der Waals surface area contributed by atoms with Crippen LogP contribution >= 0.6 is 0 Å². The van der Waals surface area contributed by atoms with Crippen molar-refractivity contribution in [2.45, 2.75) is 34.1 Å². The smallest absolute Gasteiger partial charge is 0.139 e. The summed E-state index contributed by atoms with van der Waals surface area (Å²) in [6.07, 6.45) is 1.06. The second-order valence-electron chi connectivity index (χ2n) is 4.22. The zero-order valence-electron chi connectivity index (χ0n) is 7.27.